The summed E-state index contributed by atoms with van der Waals surface area (Å²) in [6.07, 6.45) is 9.48. The van der Waals surface area contributed by atoms with Crippen LogP contribution in [0.4, 0.5) is 0 Å². The number of hydrogen-bond acceptors (Lipinski definition) is 4. The molecule has 0 bridgehead atoms. The van der Waals surface area contributed by atoms with E-state index in [4.69, 9.17) is 11.3 Å². The van der Waals surface area contributed by atoms with Gasteiger partial charge in [-0.15, -0.1) is 0 Å². The first-order valence-corrected chi connectivity index (χ1v) is 14.1. The number of sulfone groups is 1. The Morgan fingerprint density at radius 1 is 1.11 bits per heavy atom. The number of methoxy groups -OCH3 is 1. The average Bonchev–Trinajstić information content (AvgIpc) is 3.17. The van der Waals surface area contributed by atoms with Crippen LogP contribution in [-0.2, 0) is 14.6 Å². The van der Waals surface area contributed by atoms with Crippen molar-refractivity contribution in [3.63, 3.8) is 0 Å². The largest absolute Gasteiger partial charge is 0.501 e. The Morgan fingerprint density at radius 2 is 1.83 bits per heavy atom. The van der Waals surface area contributed by atoms with E-state index in [2.05, 4.69) is 30.8 Å². The Hall–Kier alpha value is -2.36. The topological polar surface area (TPSA) is 68.0 Å². The molecule has 0 radical (unpaired) electrons. The van der Waals surface area contributed by atoms with Gasteiger partial charge in [-0.3, -0.25) is 0 Å². The van der Waals surface area contributed by atoms with Gasteiger partial charge in [-0.25, -0.2) is 13.3 Å². The molecule has 1 aromatic carbocycles. The fourth-order valence-electron chi connectivity index (χ4n) is 7.68. The first-order valence-electron chi connectivity index (χ1n) is 12.6. The van der Waals surface area contributed by atoms with Crippen LogP contribution < -0.4 is 0 Å². The van der Waals surface area contributed by atoms with E-state index >= 15 is 0 Å². The molecule has 0 aliphatic heterocycles. The van der Waals surface area contributed by atoms with Crippen LogP contribution >= 0.6 is 0 Å². The summed E-state index contributed by atoms with van der Waals surface area (Å²) in [6, 6.07) is 6.76. The highest BCUT2D eigenvalue weighted by Gasteiger charge is 2.64. The molecule has 2 saturated carbocycles. The van der Waals surface area contributed by atoms with Crippen molar-refractivity contribution in [1.29, 1.82) is 0 Å². The molecule has 5 rings (SSSR count). The van der Waals surface area contributed by atoms with Crippen molar-refractivity contribution < 1.29 is 18.3 Å². The van der Waals surface area contributed by atoms with Crippen LogP contribution in [0.1, 0.15) is 64.4 Å². The van der Waals surface area contributed by atoms with Gasteiger partial charge in [0.1, 0.15) is 0 Å². The second-order valence-electron chi connectivity index (χ2n) is 11.3. The van der Waals surface area contributed by atoms with Crippen molar-refractivity contribution >= 4 is 9.84 Å². The fraction of sp³-hybridized carbons (Fsp3) is 0.552. The first kappa shape index (κ1) is 24.3. The summed E-state index contributed by atoms with van der Waals surface area (Å²) in [5.41, 5.74) is 1.32. The summed E-state index contributed by atoms with van der Waals surface area (Å²) in [4.78, 5) is 3.82. The third-order valence-corrected chi connectivity index (χ3v) is 11.7. The van der Waals surface area contributed by atoms with Crippen LogP contribution in [-0.4, -0.2) is 26.2 Å². The lowest BCUT2D eigenvalue weighted by Crippen LogP contribution is -2.61. The summed E-state index contributed by atoms with van der Waals surface area (Å²) in [5.74, 6) is 1.15. The Bertz CT molecular complexity index is 1300. The van der Waals surface area contributed by atoms with Crippen molar-refractivity contribution in [2.75, 3.05) is 7.11 Å². The van der Waals surface area contributed by atoms with E-state index in [0.29, 0.717) is 19.3 Å². The molecular formula is C29H35NO4S. The first-order chi connectivity index (χ1) is 16.5. The van der Waals surface area contributed by atoms with Crippen LogP contribution in [0.3, 0.4) is 0 Å². The van der Waals surface area contributed by atoms with Crippen LogP contribution in [0.5, 0.6) is 0 Å². The van der Waals surface area contributed by atoms with E-state index in [0.717, 1.165) is 42.6 Å². The second kappa shape index (κ2) is 8.08. The molecular weight excluding hydrogens is 458 g/mol. The minimum atomic E-state index is -3.90. The molecule has 0 heterocycles. The summed E-state index contributed by atoms with van der Waals surface area (Å²) in [5, 5.41) is 12.2. The second-order valence-corrected chi connectivity index (χ2v) is 13.2. The zero-order valence-electron chi connectivity index (χ0n) is 21.1. The van der Waals surface area contributed by atoms with Crippen LogP contribution in [0.2, 0.25) is 0 Å². The molecule has 1 N–H and O–H groups in total. The maximum absolute atomic E-state index is 13.6. The number of hydrogen-bond donors (Lipinski definition) is 1. The smallest absolute Gasteiger partial charge is 0.282 e. The van der Waals surface area contributed by atoms with Gasteiger partial charge in [-0.05, 0) is 92.1 Å². The molecule has 6 heteroatoms. The molecule has 4 aliphatic carbocycles. The van der Waals surface area contributed by atoms with E-state index in [1.165, 1.54) is 5.57 Å². The Balaban J connectivity index is 1.57. The standard InChI is InChI=1S/C29H35NO4S/c1-19-6-9-22(10-7-19)35(32,33)26(30-4)25-13-12-23-24-11-8-20-18-21(34-5)14-15-28(20,3)29(24,31)17-16-27(23,25)2/h6-10,18,23-24,31H,11-17H2,1-3,5H3/t23-,24-,27-,28-,29+/m0/s1. The number of allylic oxidation sites excluding steroid dienone is 4. The van der Waals surface area contributed by atoms with Gasteiger partial charge in [0.15, 0.2) is 0 Å². The van der Waals surface area contributed by atoms with E-state index < -0.39 is 20.9 Å². The lowest BCUT2D eigenvalue weighted by atomic mass is 9.46. The summed E-state index contributed by atoms with van der Waals surface area (Å²) < 4.78 is 32.7. The molecule has 0 saturated heterocycles. The van der Waals surface area contributed by atoms with Gasteiger partial charge in [-0.1, -0.05) is 37.6 Å². The summed E-state index contributed by atoms with van der Waals surface area (Å²) in [6.45, 7) is 14.1. The lowest BCUT2D eigenvalue weighted by molar-refractivity contribution is -0.172. The molecule has 1 aromatic rings. The quantitative estimate of drug-likeness (QED) is 0.515. The number of benzene rings is 1. The Kier molecular flexibility index (Phi) is 5.62. The number of ether oxygens (including phenoxy) is 1. The van der Waals surface area contributed by atoms with E-state index in [-0.39, 0.29) is 27.2 Å². The maximum atomic E-state index is 13.6. The predicted molar refractivity (Wildman–Crippen MR) is 136 cm³/mol. The Labute approximate surface area is 209 Å². The van der Waals surface area contributed by atoms with Crippen molar-refractivity contribution in [3.05, 3.63) is 75.3 Å². The SMILES string of the molecule is [C-]#[N+]C(=C1CC[C@H]2[C@@H]3CC=C4C=C(OC)CC[C@]4(C)[C@@]3(O)CC[C@]12C)S(=O)(=O)c1ccc(C)cc1. The predicted octanol–water partition coefficient (Wildman–Crippen LogP) is 6.12. The van der Waals surface area contributed by atoms with E-state index in [1.807, 2.05) is 6.92 Å². The molecule has 0 unspecified atom stereocenters. The fourth-order valence-corrected chi connectivity index (χ4v) is 9.18. The highest BCUT2D eigenvalue weighted by Crippen LogP contribution is 2.68. The minimum absolute atomic E-state index is 0.0408. The monoisotopic (exact) mass is 493 g/mol. The van der Waals surface area contributed by atoms with Gasteiger partial charge in [0, 0.05) is 11.8 Å². The highest BCUT2D eigenvalue weighted by atomic mass is 32.2. The molecule has 0 amide bonds. The maximum Gasteiger partial charge on any atom is 0.282 e. The van der Waals surface area contributed by atoms with Crippen LogP contribution in [0.15, 0.2) is 63.2 Å². The van der Waals surface area contributed by atoms with Crippen LogP contribution in [0, 0.1) is 36.2 Å². The van der Waals surface area contributed by atoms with Crippen molar-refractivity contribution in [2.24, 2.45) is 22.7 Å². The van der Waals surface area contributed by atoms with Gasteiger partial charge in [-0.2, -0.15) is 0 Å². The minimum Gasteiger partial charge on any atom is -0.501 e. The molecule has 5 atom stereocenters. The number of rotatable bonds is 3. The Morgan fingerprint density at radius 3 is 2.49 bits per heavy atom. The lowest BCUT2D eigenvalue weighted by Gasteiger charge is -2.61. The zero-order chi connectivity index (χ0) is 25.2. The van der Waals surface area contributed by atoms with Crippen molar-refractivity contribution in [2.45, 2.75) is 76.2 Å². The van der Waals surface area contributed by atoms with E-state index in [1.54, 1.807) is 31.4 Å². The van der Waals surface area contributed by atoms with Gasteiger partial charge in [0.05, 0.1) is 29.9 Å². The molecule has 4 aliphatic rings. The van der Waals surface area contributed by atoms with Gasteiger partial charge < -0.3 is 9.84 Å². The third-order valence-electron chi connectivity index (χ3n) is 9.92. The molecule has 0 aromatic heterocycles. The summed E-state index contributed by atoms with van der Waals surface area (Å²) in [7, 11) is -2.19. The van der Waals surface area contributed by atoms with Crippen molar-refractivity contribution in [1.82, 2.24) is 0 Å². The molecule has 2 fully saturated rings. The van der Waals surface area contributed by atoms with Gasteiger partial charge in [0.25, 0.3) is 5.03 Å². The summed E-state index contributed by atoms with van der Waals surface area (Å²) >= 11 is 0. The highest BCUT2D eigenvalue weighted by molar-refractivity contribution is 7.95. The van der Waals surface area contributed by atoms with Crippen LogP contribution in [0.25, 0.3) is 4.85 Å². The number of fused-ring (bicyclic) bond motifs is 5. The molecule has 35 heavy (non-hydrogen) atoms. The number of aliphatic hydroxyl groups is 1. The van der Waals surface area contributed by atoms with Crippen molar-refractivity contribution in [3.8, 4) is 0 Å². The molecule has 5 nitrogen and oxygen atoms in total. The number of nitrogens with zero attached hydrogens (tertiary/aromatic N) is 1. The average molecular weight is 494 g/mol. The third kappa shape index (κ3) is 3.31. The van der Waals surface area contributed by atoms with E-state index in [9.17, 15) is 13.5 Å². The zero-order valence-corrected chi connectivity index (χ0v) is 21.9. The normalized spacial score (nSPS) is 37.7. The van der Waals surface area contributed by atoms with Gasteiger partial charge >= 0.3 is 0 Å². The molecule has 0 spiro atoms. The number of aryl methyl sites for hydroxylation is 1. The van der Waals surface area contributed by atoms with Gasteiger partial charge in [0.2, 0.25) is 9.84 Å². The molecule has 186 valence electrons.